The topological polar surface area (TPSA) is 23.4 Å². The number of aromatic nitrogens is 1. The van der Waals surface area contributed by atoms with E-state index < -0.39 is 0 Å². The maximum absolute atomic E-state index is 5.94. The molecule has 0 fully saturated rings. The molecule has 2 aromatic carbocycles. The van der Waals surface area contributed by atoms with Crippen LogP contribution in [0.4, 0.5) is 0 Å². The van der Waals surface area contributed by atoms with Gasteiger partial charge >= 0.3 is 201 Å². The molecule has 4 heteroatoms. The van der Waals surface area contributed by atoms with E-state index in [0.29, 0.717) is 0 Å². The summed E-state index contributed by atoms with van der Waals surface area (Å²) >= 11 is 3.17. The molecule has 0 amide bonds. The van der Waals surface area contributed by atoms with Gasteiger partial charge in [0.25, 0.3) is 0 Å². The molecule has 0 N–H and O–H groups in total. The molecule has 32 heavy (non-hydrogen) atoms. The summed E-state index contributed by atoms with van der Waals surface area (Å²) in [6.45, 7) is 5.47. The van der Waals surface area contributed by atoms with Crippen molar-refractivity contribution in [1.29, 1.82) is 0 Å². The molecule has 0 saturated carbocycles. The van der Waals surface area contributed by atoms with Gasteiger partial charge in [-0.05, 0) is 0 Å². The van der Waals surface area contributed by atoms with Crippen molar-refractivity contribution >= 4 is 21.0 Å². The molecule has 3 nitrogen and oxygen atoms in total. The summed E-state index contributed by atoms with van der Waals surface area (Å²) in [5.74, 6) is 0. The summed E-state index contributed by atoms with van der Waals surface area (Å²) in [6, 6.07) is 19.3. The van der Waals surface area contributed by atoms with Gasteiger partial charge < -0.3 is 0 Å². The van der Waals surface area contributed by atoms with Gasteiger partial charge in [-0.15, -0.1) is 0 Å². The molecule has 170 valence electrons. The van der Waals surface area contributed by atoms with Gasteiger partial charge in [0.1, 0.15) is 0 Å². The Kier molecular flexibility index (Phi) is 9.97. The van der Waals surface area contributed by atoms with E-state index in [1.165, 1.54) is 59.8 Å². The van der Waals surface area contributed by atoms with E-state index in [1.54, 1.807) is 7.11 Å². The molecule has 1 aromatic heterocycles. The van der Waals surface area contributed by atoms with E-state index in [4.69, 9.17) is 9.47 Å². The number of benzene rings is 2. The number of ether oxygens (including phenoxy) is 2. The molecule has 0 aliphatic rings. The van der Waals surface area contributed by atoms with Crippen molar-refractivity contribution < 1.29 is 25.3 Å². The van der Waals surface area contributed by atoms with Gasteiger partial charge in [-0.3, -0.25) is 0 Å². The Morgan fingerprint density at radius 1 is 0.969 bits per heavy atom. The van der Waals surface area contributed by atoms with Crippen LogP contribution in [-0.4, -0.2) is 23.0 Å². The van der Waals surface area contributed by atoms with E-state index in [2.05, 4.69) is 94.9 Å². The van der Waals surface area contributed by atoms with Gasteiger partial charge in [0.05, 0.1) is 0 Å². The zero-order valence-electron chi connectivity index (χ0n) is 19.6. The molecule has 3 aromatic rings. The summed E-state index contributed by atoms with van der Waals surface area (Å²) in [5, 5.41) is 1.20. The number of hydrogen-bond acceptors (Lipinski definition) is 2. The Balaban J connectivity index is 2.08. The van der Waals surface area contributed by atoms with Crippen LogP contribution in [0.1, 0.15) is 69.2 Å². The summed E-state index contributed by atoms with van der Waals surface area (Å²) in [4.78, 5) is 0. The number of fused-ring (bicyclic) bond motifs is 1. The molecule has 0 bridgehead atoms. The average Bonchev–Trinajstić information content (AvgIpc) is 3.14. The van der Waals surface area contributed by atoms with E-state index in [9.17, 15) is 0 Å². The number of rotatable bonds is 13. The molecular formula is C28H35CrNO2. The quantitative estimate of drug-likeness (QED) is 0.197. The zero-order valence-corrected chi connectivity index (χ0v) is 20.9. The number of para-hydroxylation sites is 1. The van der Waals surface area contributed by atoms with Crippen molar-refractivity contribution in [3.63, 3.8) is 0 Å². The molecule has 3 rings (SSSR count). The maximum atomic E-state index is 5.94. The molecule has 0 unspecified atom stereocenters. The molecule has 0 aliphatic heterocycles. The second kappa shape index (κ2) is 12.9. The Morgan fingerprint density at radius 2 is 1.69 bits per heavy atom. The van der Waals surface area contributed by atoms with Crippen molar-refractivity contribution in [2.45, 2.75) is 58.9 Å². The minimum absolute atomic E-state index is 0.224. The van der Waals surface area contributed by atoms with E-state index in [1.807, 2.05) is 0 Å². The molecule has 0 aliphatic carbocycles. The fourth-order valence-electron chi connectivity index (χ4n) is 4.28. The Hall–Kier alpha value is -1.96. The minimum atomic E-state index is 0.224. The average molecular weight is 470 g/mol. The molecule has 0 saturated heterocycles. The van der Waals surface area contributed by atoms with Gasteiger partial charge in [-0.25, -0.2) is 0 Å². The Morgan fingerprint density at radius 3 is 2.41 bits per heavy atom. The first-order valence-corrected chi connectivity index (χ1v) is 12.3. The number of unbranched alkanes of at least 4 members (excludes halogenated alkanes) is 4. The van der Waals surface area contributed by atoms with Crippen LogP contribution in [0.25, 0.3) is 16.5 Å². The fraction of sp³-hybridized carbons (Fsp3) is 0.393. The monoisotopic (exact) mass is 469 g/mol. The standard InChI is InChI=1S/C28H35NO2.Cr/c1-4-6-7-8-12-17-24(5-2)28-26(21-31-22-30-3)25-18-13-14-19-27(25)29(28)20-23-15-10-9-11-16-23;/h5,9-11,13-16,18-19H,4,6-8,12,17,20,22H2,1-3H3;/b24-5+;. The van der Waals surface area contributed by atoms with Crippen LogP contribution in [0.3, 0.4) is 0 Å². The summed E-state index contributed by atoms with van der Waals surface area (Å²) in [6.07, 6.45) is 9.72. The second-order valence-electron chi connectivity index (χ2n) is 8.13. The van der Waals surface area contributed by atoms with Crippen molar-refractivity contribution in [2.24, 2.45) is 0 Å². The summed E-state index contributed by atoms with van der Waals surface area (Å²) in [7, 11) is 1.65. The normalized spacial score (nSPS) is 11.9. The molecular weight excluding hydrogens is 434 g/mol. The van der Waals surface area contributed by atoms with E-state index in [0.717, 1.165) is 23.1 Å². The number of hydrogen-bond donors (Lipinski definition) is 0. The van der Waals surface area contributed by atoms with E-state index >= 15 is 0 Å². The molecule has 0 atom stereocenters. The molecule has 1 heterocycles. The van der Waals surface area contributed by atoms with Gasteiger partial charge in [0.15, 0.2) is 0 Å². The Bertz CT molecular complexity index is 1040. The first-order valence-electron chi connectivity index (χ1n) is 11.7. The van der Waals surface area contributed by atoms with Crippen LogP contribution >= 0.6 is 0 Å². The first kappa shape index (κ1) is 24.7. The van der Waals surface area contributed by atoms with Crippen molar-refractivity contribution in [2.75, 3.05) is 13.9 Å². The Labute approximate surface area is 201 Å². The second-order valence-corrected chi connectivity index (χ2v) is 8.71. The predicted octanol–water partition coefficient (Wildman–Crippen LogP) is 7.10. The fourth-order valence-corrected chi connectivity index (χ4v) is 4.68. The van der Waals surface area contributed by atoms with E-state index in [-0.39, 0.29) is 6.79 Å². The predicted molar refractivity (Wildman–Crippen MR) is 132 cm³/mol. The third-order valence-electron chi connectivity index (χ3n) is 5.87. The van der Waals surface area contributed by atoms with Crippen molar-refractivity contribution in [3.8, 4) is 0 Å². The number of allylic oxidation sites excluding steroid dienone is 2. The third kappa shape index (κ3) is 6.09. The SMILES string of the molecule is C/C=C(\CCCCCCC)c1c([C](=[Cr])OCOC)c2ccccc2n1Cc1ccccc1. The van der Waals surface area contributed by atoms with Crippen molar-refractivity contribution in [3.05, 3.63) is 77.5 Å². The van der Waals surface area contributed by atoms with Crippen LogP contribution in [0.15, 0.2) is 60.7 Å². The number of methoxy groups -OCH3 is 1. The molecule has 0 spiro atoms. The van der Waals surface area contributed by atoms with Crippen LogP contribution in [-0.2, 0) is 31.9 Å². The first-order chi connectivity index (χ1) is 15.7. The van der Waals surface area contributed by atoms with Gasteiger partial charge in [-0.1, -0.05) is 0 Å². The van der Waals surface area contributed by atoms with Gasteiger partial charge in [0, 0.05) is 0 Å². The van der Waals surface area contributed by atoms with Crippen LogP contribution in [0.2, 0.25) is 0 Å². The zero-order chi connectivity index (χ0) is 22.8. The van der Waals surface area contributed by atoms with Crippen LogP contribution in [0, 0.1) is 0 Å². The van der Waals surface area contributed by atoms with Gasteiger partial charge in [0.2, 0.25) is 0 Å². The third-order valence-corrected chi connectivity index (χ3v) is 6.37. The summed E-state index contributed by atoms with van der Waals surface area (Å²) < 4.78 is 14.4. The van der Waals surface area contributed by atoms with Crippen LogP contribution in [0.5, 0.6) is 0 Å². The molecule has 0 radical (unpaired) electrons. The summed E-state index contributed by atoms with van der Waals surface area (Å²) in [5.41, 5.74) is 6.27. The van der Waals surface area contributed by atoms with Crippen LogP contribution < -0.4 is 0 Å². The number of nitrogens with zero attached hydrogens (tertiary/aromatic N) is 1. The van der Waals surface area contributed by atoms with Crippen molar-refractivity contribution in [1.82, 2.24) is 4.57 Å². The van der Waals surface area contributed by atoms with Gasteiger partial charge in [-0.2, -0.15) is 0 Å².